The van der Waals surface area contributed by atoms with Gasteiger partial charge >= 0.3 is 0 Å². The van der Waals surface area contributed by atoms with Crippen LogP contribution in [0.4, 0.5) is 11.8 Å². The Labute approximate surface area is 217 Å². The zero-order valence-corrected chi connectivity index (χ0v) is 22.6. The molecule has 2 saturated carbocycles. The largest absolute Gasteiger partial charge is 0.390 e. The third-order valence-electron chi connectivity index (χ3n) is 7.93. The number of anilines is 2. The number of pyridine rings is 1. The van der Waals surface area contributed by atoms with Crippen LogP contribution < -0.4 is 10.6 Å². The van der Waals surface area contributed by atoms with Crippen LogP contribution >= 0.6 is 11.3 Å². The van der Waals surface area contributed by atoms with Gasteiger partial charge in [0, 0.05) is 18.8 Å². The topological polar surface area (TPSA) is 116 Å². The molecule has 0 aromatic carbocycles. The molecule has 2 aliphatic rings. The van der Waals surface area contributed by atoms with Crippen LogP contribution in [0.3, 0.4) is 0 Å². The zero-order chi connectivity index (χ0) is 25.5. The van der Waals surface area contributed by atoms with E-state index < -0.39 is 11.2 Å². The maximum atomic E-state index is 11.0. The van der Waals surface area contributed by atoms with Crippen LogP contribution in [-0.2, 0) is 0 Å². The first-order valence-corrected chi connectivity index (χ1v) is 14.0. The van der Waals surface area contributed by atoms with Gasteiger partial charge in [-0.25, -0.2) is 9.97 Å². The highest BCUT2D eigenvalue weighted by Gasteiger charge is 2.35. The van der Waals surface area contributed by atoms with E-state index in [4.69, 9.17) is 15.0 Å². The van der Waals surface area contributed by atoms with Crippen molar-refractivity contribution in [2.75, 3.05) is 17.2 Å². The zero-order valence-electron chi connectivity index (χ0n) is 21.8. The summed E-state index contributed by atoms with van der Waals surface area (Å²) < 4.78 is 1.09. The first-order chi connectivity index (χ1) is 17.1. The number of nitrogens with zero attached hydrogens (tertiary/aromatic N) is 4. The average Bonchev–Trinajstić information content (AvgIpc) is 3.46. The van der Waals surface area contributed by atoms with E-state index in [2.05, 4.69) is 15.6 Å². The molecule has 36 heavy (non-hydrogen) atoms. The van der Waals surface area contributed by atoms with Crippen molar-refractivity contribution in [1.29, 1.82) is 0 Å². The molecule has 9 heteroatoms. The lowest BCUT2D eigenvalue weighted by Gasteiger charge is -2.32. The van der Waals surface area contributed by atoms with Gasteiger partial charge in [-0.15, -0.1) is 11.3 Å². The molecule has 8 nitrogen and oxygen atoms in total. The van der Waals surface area contributed by atoms with Gasteiger partial charge in [0.25, 0.3) is 0 Å². The Morgan fingerprint density at radius 1 is 1.08 bits per heavy atom. The van der Waals surface area contributed by atoms with Gasteiger partial charge in [0.1, 0.15) is 16.3 Å². The Hall–Kier alpha value is -2.36. The third-order valence-corrected chi connectivity index (χ3v) is 8.96. The van der Waals surface area contributed by atoms with Gasteiger partial charge in [0.15, 0.2) is 0 Å². The molecule has 3 aromatic heterocycles. The maximum Gasteiger partial charge on any atom is 0.225 e. The van der Waals surface area contributed by atoms with Crippen molar-refractivity contribution in [1.82, 2.24) is 19.9 Å². The molecule has 0 spiro atoms. The molecule has 3 heterocycles. The van der Waals surface area contributed by atoms with Crippen LogP contribution in [0.25, 0.3) is 20.8 Å². The SMILES string of the molecule is Cc1nc(NCC2(O)CCCCC2)nc(NC2CCC(C(C)(C)O)C2)c1-c1nc2c(C)nccc2s1. The Morgan fingerprint density at radius 2 is 1.86 bits per heavy atom. The number of aryl methyl sites for hydroxylation is 2. The normalized spacial score (nSPS) is 22.2. The van der Waals surface area contributed by atoms with Crippen LogP contribution in [-0.4, -0.2) is 53.9 Å². The minimum absolute atomic E-state index is 0.211. The maximum absolute atomic E-state index is 11.0. The van der Waals surface area contributed by atoms with Gasteiger partial charge in [-0.2, -0.15) is 4.98 Å². The molecule has 0 saturated heterocycles. The third kappa shape index (κ3) is 5.33. The minimum Gasteiger partial charge on any atom is -0.390 e. The Balaban J connectivity index is 1.47. The number of aliphatic hydroxyl groups is 2. The lowest BCUT2D eigenvalue weighted by Crippen LogP contribution is -2.39. The first-order valence-electron chi connectivity index (χ1n) is 13.2. The van der Waals surface area contributed by atoms with Gasteiger partial charge in [-0.3, -0.25) is 4.98 Å². The molecule has 2 atom stereocenters. The number of nitrogens with one attached hydrogen (secondary N) is 2. The van der Waals surface area contributed by atoms with Crippen molar-refractivity contribution in [3.8, 4) is 10.6 Å². The standard InChI is InChI=1S/C27H38N6O2S/c1-16-21(24-32-22-17(2)28-13-10-20(22)36-24)23(31-19-9-8-18(14-19)26(3,4)34)33-25(30-16)29-15-27(35)11-6-5-7-12-27/h10,13,18-19,34-35H,5-9,11-12,14-15H2,1-4H3,(H2,29,30,31,33). The summed E-state index contributed by atoms with van der Waals surface area (Å²) in [6.45, 7) is 8.22. The number of hydrogen-bond donors (Lipinski definition) is 4. The fraction of sp³-hybridized carbons (Fsp3) is 0.630. The molecular weight excluding hydrogens is 472 g/mol. The molecule has 0 radical (unpaired) electrons. The van der Waals surface area contributed by atoms with E-state index >= 15 is 0 Å². The molecule has 2 fully saturated rings. The van der Waals surface area contributed by atoms with Crippen molar-refractivity contribution < 1.29 is 10.2 Å². The summed E-state index contributed by atoms with van der Waals surface area (Å²) in [4.78, 5) is 19.0. The summed E-state index contributed by atoms with van der Waals surface area (Å²) in [5.74, 6) is 1.52. The predicted octanol–water partition coefficient (Wildman–Crippen LogP) is 5.22. The summed E-state index contributed by atoms with van der Waals surface area (Å²) in [5.41, 5.74) is 2.17. The predicted molar refractivity (Wildman–Crippen MR) is 145 cm³/mol. The van der Waals surface area contributed by atoms with Crippen LogP contribution in [0, 0.1) is 19.8 Å². The van der Waals surface area contributed by atoms with Crippen LogP contribution in [0.2, 0.25) is 0 Å². The second kappa shape index (κ2) is 9.84. The molecule has 5 rings (SSSR count). The molecule has 0 bridgehead atoms. The van der Waals surface area contributed by atoms with E-state index in [1.54, 1.807) is 11.3 Å². The summed E-state index contributed by atoms with van der Waals surface area (Å²) >= 11 is 1.63. The van der Waals surface area contributed by atoms with Crippen LogP contribution in [0.1, 0.15) is 76.6 Å². The molecular formula is C27H38N6O2S. The van der Waals surface area contributed by atoms with Crippen molar-refractivity contribution in [2.45, 2.75) is 96.3 Å². The first kappa shape index (κ1) is 25.3. The minimum atomic E-state index is -0.704. The Bertz CT molecular complexity index is 1230. The van der Waals surface area contributed by atoms with Crippen molar-refractivity contribution >= 4 is 33.3 Å². The fourth-order valence-electron chi connectivity index (χ4n) is 5.68. The average molecular weight is 511 g/mol. The summed E-state index contributed by atoms with van der Waals surface area (Å²) in [6.07, 6.45) is 9.57. The second-order valence-electron chi connectivity index (χ2n) is 11.3. The highest BCUT2D eigenvalue weighted by atomic mass is 32.1. The smallest absolute Gasteiger partial charge is 0.225 e. The number of fused-ring (bicyclic) bond motifs is 1. The molecule has 4 N–H and O–H groups in total. The number of rotatable bonds is 7. The van der Waals surface area contributed by atoms with E-state index in [0.717, 1.165) is 82.9 Å². The van der Waals surface area contributed by atoms with E-state index in [-0.39, 0.29) is 12.0 Å². The second-order valence-corrected chi connectivity index (χ2v) is 12.3. The van der Waals surface area contributed by atoms with Crippen molar-refractivity contribution in [2.24, 2.45) is 5.92 Å². The summed E-state index contributed by atoms with van der Waals surface area (Å²) in [7, 11) is 0. The highest BCUT2D eigenvalue weighted by Crippen LogP contribution is 2.40. The van der Waals surface area contributed by atoms with Gasteiger partial charge in [0.2, 0.25) is 5.95 Å². The molecule has 2 aliphatic carbocycles. The monoisotopic (exact) mass is 510 g/mol. The molecule has 194 valence electrons. The number of thiazole rings is 1. The van der Waals surface area contributed by atoms with E-state index in [0.29, 0.717) is 12.5 Å². The summed E-state index contributed by atoms with van der Waals surface area (Å²) in [5, 5.41) is 29.4. The Morgan fingerprint density at radius 3 is 2.56 bits per heavy atom. The number of aromatic nitrogens is 4. The fourth-order valence-corrected chi connectivity index (χ4v) is 6.79. The van der Waals surface area contributed by atoms with E-state index in [1.165, 1.54) is 6.42 Å². The molecule has 0 amide bonds. The highest BCUT2D eigenvalue weighted by molar-refractivity contribution is 7.21. The molecule has 3 aromatic rings. The van der Waals surface area contributed by atoms with Crippen molar-refractivity contribution in [3.63, 3.8) is 0 Å². The Kier molecular flexibility index (Phi) is 6.91. The molecule has 2 unspecified atom stereocenters. The summed E-state index contributed by atoms with van der Waals surface area (Å²) in [6, 6.07) is 2.21. The van der Waals surface area contributed by atoms with Crippen LogP contribution in [0.5, 0.6) is 0 Å². The quantitative estimate of drug-likeness (QED) is 0.342. The van der Waals surface area contributed by atoms with Gasteiger partial charge in [-0.05, 0) is 71.8 Å². The van der Waals surface area contributed by atoms with E-state index in [9.17, 15) is 10.2 Å². The van der Waals surface area contributed by atoms with Gasteiger partial charge < -0.3 is 20.8 Å². The lowest BCUT2D eigenvalue weighted by molar-refractivity contribution is 0.0165. The van der Waals surface area contributed by atoms with Crippen LogP contribution in [0.15, 0.2) is 12.3 Å². The lowest BCUT2D eigenvalue weighted by atomic mass is 9.85. The van der Waals surface area contributed by atoms with Gasteiger partial charge in [-0.1, -0.05) is 19.3 Å². The molecule has 0 aliphatic heterocycles. The number of hydrogen-bond acceptors (Lipinski definition) is 9. The van der Waals surface area contributed by atoms with E-state index in [1.807, 2.05) is 40.0 Å². The van der Waals surface area contributed by atoms with Gasteiger partial charge in [0.05, 0.1) is 32.9 Å². The van der Waals surface area contributed by atoms with Crippen molar-refractivity contribution in [3.05, 3.63) is 23.7 Å².